The van der Waals surface area contributed by atoms with Gasteiger partial charge in [-0.25, -0.2) is 8.42 Å². The fourth-order valence-electron chi connectivity index (χ4n) is 1.42. The zero-order valence-corrected chi connectivity index (χ0v) is 10.1. The van der Waals surface area contributed by atoms with Crippen LogP contribution >= 0.6 is 15.9 Å². The molecule has 4 nitrogen and oxygen atoms in total. The zero-order valence-electron chi connectivity index (χ0n) is 7.68. The maximum atomic E-state index is 11.4. The van der Waals surface area contributed by atoms with Gasteiger partial charge in [0.2, 0.25) is 5.91 Å². The van der Waals surface area contributed by atoms with E-state index in [1.807, 2.05) is 0 Å². The number of hydrogen-bond acceptors (Lipinski definition) is 3. The summed E-state index contributed by atoms with van der Waals surface area (Å²) in [5.41, 5.74) is 0.615. The largest absolute Gasteiger partial charge is 0.297 e. The van der Waals surface area contributed by atoms with Gasteiger partial charge in [0.05, 0.1) is 0 Å². The first kappa shape index (κ1) is 10.6. The maximum absolute atomic E-state index is 11.4. The van der Waals surface area contributed by atoms with Gasteiger partial charge in [-0.3, -0.25) is 9.69 Å². The Morgan fingerprint density at radius 2 is 1.80 bits per heavy atom. The second-order valence-electron chi connectivity index (χ2n) is 3.32. The van der Waals surface area contributed by atoms with Crippen LogP contribution in [0, 0.1) is 0 Å². The number of carbonyl (C=O) groups excluding carboxylic acids is 1. The fraction of sp³-hybridized carbons (Fsp3) is 0.222. The van der Waals surface area contributed by atoms with Gasteiger partial charge in [-0.2, -0.15) is 0 Å². The van der Waals surface area contributed by atoms with Gasteiger partial charge in [-0.05, 0) is 24.3 Å². The summed E-state index contributed by atoms with van der Waals surface area (Å²) in [6.45, 7) is 0. The van der Waals surface area contributed by atoms with Crippen molar-refractivity contribution in [1.82, 2.24) is 0 Å². The molecular formula is C9H8BrNO3S. The van der Waals surface area contributed by atoms with Crippen molar-refractivity contribution in [2.45, 2.75) is 0 Å². The van der Waals surface area contributed by atoms with Crippen LogP contribution in [0.1, 0.15) is 0 Å². The fourth-order valence-corrected chi connectivity index (χ4v) is 2.99. The van der Waals surface area contributed by atoms with E-state index in [0.717, 1.165) is 4.47 Å². The van der Waals surface area contributed by atoms with Crippen molar-refractivity contribution in [2.24, 2.45) is 0 Å². The van der Waals surface area contributed by atoms with Crippen molar-refractivity contribution in [3.63, 3.8) is 0 Å². The standard InChI is InChI=1S/C9H8BrNO3S/c10-7-1-3-8(4-2-7)11-6-15(13,14)5-9(11)12/h1-4H,5-6H2. The summed E-state index contributed by atoms with van der Waals surface area (Å²) in [4.78, 5) is 12.7. The van der Waals surface area contributed by atoms with Crippen molar-refractivity contribution in [3.05, 3.63) is 28.7 Å². The molecule has 1 aromatic carbocycles. The minimum Gasteiger partial charge on any atom is -0.297 e. The van der Waals surface area contributed by atoms with E-state index in [0.29, 0.717) is 5.69 Å². The van der Waals surface area contributed by atoms with Gasteiger partial charge in [0.15, 0.2) is 9.84 Å². The first-order valence-corrected chi connectivity index (χ1v) is 6.86. The van der Waals surface area contributed by atoms with Crippen LogP contribution in [0.2, 0.25) is 0 Å². The van der Waals surface area contributed by atoms with Crippen LogP contribution in [0.3, 0.4) is 0 Å². The lowest BCUT2D eigenvalue weighted by atomic mass is 10.3. The molecular weight excluding hydrogens is 282 g/mol. The maximum Gasteiger partial charge on any atom is 0.243 e. The topological polar surface area (TPSA) is 54.5 Å². The number of amides is 1. The lowest BCUT2D eigenvalue weighted by molar-refractivity contribution is -0.115. The molecule has 0 radical (unpaired) electrons. The Morgan fingerprint density at radius 3 is 2.27 bits per heavy atom. The van der Waals surface area contributed by atoms with E-state index in [1.165, 1.54) is 4.90 Å². The molecule has 0 aromatic heterocycles. The predicted octanol–water partition coefficient (Wildman–Crippen LogP) is 1.17. The summed E-state index contributed by atoms with van der Waals surface area (Å²) >= 11 is 3.27. The molecule has 1 heterocycles. The molecule has 80 valence electrons. The second-order valence-corrected chi connectivity index (χ2v) is 6.26. The summed E-state index contributed by atoms with van der Waals surface area (Å²) in [5.74, 6) is -0.964. The highest BCUT2D eigenvalue weighted by molar-refractivity contribution is 9.10. The summed E-state index contributed by atoms with van der Waals surface area (Å²) < 4.78 is 23.3. The van der Waals surface area contributed by atoms with Crippen molar-refractivity contribution in [2.75, 3.05) is 16.5 Å². The van der Waals surface area contributed by atoms with Gasteiger partial charge < -0.3 is 0 Å². The molecule has 0 spiro atoms. The first-order valence-electron chi connectivity index (χ1n) is 4.24. The van der Waals surface area contributed by atoms with E-state index >= 15 is 0 Å². The first-order chi connectivity index (χ1) is 6.98. The van der Waals surface area contributed by atoms with Crippen LogP contribution in [0.25, 0.3) is 0 Å². The molecule has 0 unspecified atom stereocenters. The average molecular weight is 290 g/mol. The molecule has 2 rings (SSSR count). The van der Waals surface area contributed by atoms with Crippen molar-refractivity contribution >= 4 is 37.4 Å². The lowest BCUT2D eigenvalue weighted by Crippen LogP contribution is -2.25. The van der Waals surface area contributed by atoms with Crippen molar-refractivity contribution < 1.29 is 13.2 Å². The van der Waals surface area contributed by atoms with Crippen LogP contribution < -0.4 is 4.90 Å². The minimum absolute atomic E-state index is 0.215. The molecule has 0 bridgehead atoms. The van der Waals surface area contributed by atoms with E-state index in [4.69, 9.17) is 0 Å². The predicted molar refractivity (Wildman–Crippen MR) is 60.3 cm³/mol. The molecule has 1 saturated heterocycles. The molecule has 1 fully saturated rings. The number of rotatable bonds is 1. The van der Waals surface area contributed by atoms with Crippen molar-refractivity contribution in [1.29, 1.82) is 0 Å². The number of carbonyl (C=O) groups is 1. The van der Waals surface area contributed by atoms with E-state index in [2.05, 4.69) is 15.9 Å². The van der Waals surface area contributed by atoms with E-state index in [1.54, 1.807) is 24.3 Å². The molecule has 0 atom stereocenters. The second kappa shape index (κ2) is 3.61. The molecule has 15 heavy (non-hydrogen) atoms. The summed E-state index contributed by atoms with van der Waals surface area (Å²) in [7, 11) is -3.24. The Hall–Kier alpha value is -0.880. The van der Waals surface area contributed by atoms with Gasteiger partial charge >= 0.3 is 0 Å². The van der Waals surface area contributed by atoms with Crippen LogP contribution in [0.4, 0.5) is 5.69 Å². The highest BCUT2D eigenvalue weighted by Gasteiger charge is 2.33. The smallest absolute Gasteiger partial charge is 0.243 e. The molecule has 1 amide bonds. The Kier molecular flexibility index (Phi) is 2.56. The molecule has 1 aliphatic rings. The SMILES string of the molecule is O=C1CS(=O)(=O)CN1c1ccc(Br)cc1. The van der Waals surface area contributed by atoms with E-state index < -0.39 is 9.84 Å². The number of anilines is 1. The number of nitrogens with zero attached hydrogens (tertiary/aromatic N) is 1. The third-order valence-electron chi connectivity index (χ3n) is 2.11. The van der Waals surface area contributed by atoms with Gasteiger partial charge in [0.25, 0.3) is 0 Å². The summed E-state index contributed by atoms with van der Waals surface area (Å²) in [5, 5.41) is 0. The average Bonchev–Trinajstić information content (AvgIpc) is 2.41. The Morgan fingerprint density at radius 1 is 1.20 bits per heavy atom. The molecule has 0 N–H and O–H groups in total. The third kappa shape index (κ3) is 2.21. The van der Waals surface area contributed by atoms with E-state index in [9.17, 15) is 13.2 Å². The highest BCUT2D eigenvalue weighted by Crippen LogP contribution is 2.22. The van der Waals surface area contributed by atoms with Gasteiger partial charge in [0.1, 0.15) is 11.6 Å². The number of halogens is 1. The molecule has 0 aliphatic carbocycles. The van der Waals surface area contributed by atoms with Gasteiger partial charge in [0, 0.05) is 10.2 Å². The van der Waals surface area contributed by atoms with E-state index in [-0.39, 0.29) is 17.5 Å². The van der Waals surface area contributed by atoms with Crippen LogP contribution in [-0.2, 0) is 14.6 Å². The van der Waals surface area contributed by atoms with Crippen LogP contribution in [-0.4, -0.2) is 26.0 Å². The molecule has 0 saturated carbocycles. The zero-order chi connectivity index (χ0) is 11.1. The number of hydrogen-bond donors (Lipinski definition) is 0. The quantitative estimate of drug-likeness (QED) is 0.780. The number of benzene rings is 1. The van der Waals surface area contributed by atoms with Crippen molar-refractivity contribution in [3.8, 4) is 0 Å². The molecule has 1 aromatic rings. The third-order valence-corrected chi connectivity index (χ3v) is 3.98. The molecule has 6 heteroatoms. The number of sulfone groups is 1. The monoisotopic (exact) mass is 289 g/mol. The Bertz CT molecular complexity index is 495. The summed E-state index contributed by atoms with van der Waals surface area (Å²) in [6.07, 6.45) is 0. The Balaban J connectivity index is 2.33. The van der Waals surface area contributed by atoms with Gasteiger partial charge in [-0.1, -0.05) is 15.9 Å². The molecule has 1 aliphatic heterocycles. The van der Waals surface area contributed by atoms with Crippen LogP contribution in [0.15, 0.2) is 28.7 Å². The lowest BCUT2D eigenvalue weighted by Gasteiger charge is -2.13. The van der Waals surface area contributed by atoms with Crippen LogP contribution in [0.5, 0.6) is 0 Å². The Labute approximate surface area is 95.9 Å². The normalized spacial score (nSPS) is 19.5. The van der Waals surface area contributed by atoms with Gasteiger partial charge in [-0.15, -0.1) is 0 Å². The highest BCUT2D eigenvalue weighted by atomic mass is 79.9. The minimum atomic E-state index is -3.24. The summed E-state index contributed by atoms with van der Waals surface area (Å²) in [6, 6.07) is 6.97.